The molecule has 2 N–H and O–H groups in total. The molecule has 0 bridgehead atoms. The Labute approximate surface area is 216 Å². The van der Waals surface area contributed by atoms with Gasteiger partial charge in [-0.15, -0.1) is 0 Å². The van der Waals surface area contributed by atoms with Crippen molar-refractivity contribution in [1.29, 1.82) is 0 Å². The van der Waals surface area contributed by atoms with Gasteiger partial charge < -0.3 is 24.3 Å². The van der Waals surface area contributed by atoms with Gasteiger partial charge in [-0.1, -0.05) is 83.1 Å². The van der Waals surface area contributed by atoms with Crippen LogP contribution in [0, 0.1) is 5.92 Å². The molecular formula is C29H41NO5Si. The number of benzene rings is 2. The van der Waals surface area contributed by atoms with E-state index in [-0.39, 0.29) is 23.5 Å². The normalized spacial score (nSPS) is 21.0. The molecule has 0 saturated carbocycles. The van der Waals surface area contributed by atoms with Crippen molar-refractivity contribution in [1.82, 2.24) is 5.32 Å². The number of hydrogen-bond donors (Lipinski definition) is 2. The van der Waals surface area contributed by atoms with Crippen molar-refractivity contribution in [3.63, 3.8) is 0 Å². The number of alkyl carbamates (subject to hydrolysis) is 1. The molecule has 3 atom stereocenters. The third-order valence-electron chi connectivity index (χ3n) is 7.87. The first-order chi connectivity index (χ1) is 16.8. The standard InChI is InChI=1S/C29H41NO5Si/c1-19(2)16-25(26(31)29(18-34-29)35-36(6,7)28(3,4)5)30-27(32)33-17-24-22-14-10-8-12-20(22)21-13-9-11-15-23(21)24/h8-15,19,24-26,31H,16-18H2,1-7H3,(H,30,32)/t25-,26+,29-/m0/s1. The average Bonchev–Trinajstić information content (AvgIpc) is 3.50. The van der Waals surface area contributed by atoms with Gasteiger partial charge in [0.25, 0.3) is 0 Å². The van der Waals surface area contributed by atoms with Crippen LogP contribution < -0.4 is 5.32 Å². The molecule has 1 fully saturated rings. The molecule has 36 heavy (non-hydrogen) atoms. The van der Waals surface area contributed by atoms with E-state index in [1.165, 1.54) is 22.3 Å². The van der Waals surface area contributed by atoms with Gasteiger partial charge in [-0.25, -0.2) is 4.79 Å². The molecule has 0 spiro atoms. The zero-order chi connectivity index (χ0) is 26.3. The number of rotatable bonds is 9. The fourth-order valence-corrected chi connectivity index (χ4v) is 6.23. The highest BCUT2D eigenvalue weighted by Gasteiger charge is 2.60. The molecule has 2 aromatic carbocycles. The lowest BCUT2D eigenvalue weighted by Gasteiger charge is -2.40. The number of carbonyl (C=O) groups is 1. The van der Waals surface area contributed by atoms with Gasteiger partial charge in [-0.05, 0) is 52.7 Å². The molecule has 1 aliphatic carbocycles. The van der Waals surface area contributed by atoms with E-state index in [1.807, 2.05) is 24.3 Å². The second-order valence-corrected chi connectivity index (χ2v) is 16.8. The smallest absolute Gasteiger partial charge is 0.407 e. The number of aliphatic hydroxyl groups is 1. The first-order valence-electron chi connectivity index (χ1n) is 13.0. The van der Waals surface area contributed by atoms with E-state index in [0.29, 0.717) is 13.0 Å². The van der Waals surface area contributed by atoms with Gasteiger partial charge in [-0.2, -0.15) is 0 Å². The lowest BCUT2D eigenvalue weighted by atomic mass is 9.96. The van der Waals surface area contributed by atoms with Crippen LogP contribution in [-0.4, -0.2) is 50.7 Å². The highest BCUT2D eigenvalue weighted by molar-refractivity contribution is 6.74. The van der Waals surface area contributed by atoms with Gasteiger partial charge in [-0.3, -0.25) is 0 Å². The minimum atomic E-state index is -2.20. The Morgan fingerprint density at radius 3 is 2.11 bits per heavy atom. The van der Waals surface area contributed by atoms with Crippen LogP contribution in [0.4, 0.5) is 4.79 Å². The van der Waals surface area contributed by atoms with Gasteiger partial charge in [0.15, 0.2) is 8.32 Å². The van der Waals surface area contributed by atoms with E-state index in [0.717, 1.165) is 0 Å². The predicted octanol–water partition coefficient (Wildman–Crippen LogP) is 6.05. The fourth-order valence-electron chi connectivity index (χ4n) is 4.82. The molecule has 1 amide bonds. The maximum Gasteiger partial charge on any atom is 0.407 e. The first kappa shape index (κ1) is 26.9. The molecule has 2 aliphatic rings. The summed E-state index contributed by atoms with van der Waals surface area (Å²) in [7, 11) is -2.20. The number of nitrogens with one attached hydrogen (secondary N) is 1. The molecule has 6 nitrogen and oxygen atoms in total. The van der Waals surface area contributed by atoms with E-state index in [1.54, 1.807) is 0 Å². The minimum absolute atomic E-state index is 0.0170. The minimum Gasteiger partial charge on any atom is -0.449 e. The van der Waals surface area contributed by atoms with Crippen molar-refractivity contribution in [2.45, 2.75) is 83.0 Å². The molecule has 4 rings (SSSR count). The van der Waals surface area contributed by atoms with Gasteiger partial charge in [0.2, 0.25) is 5.79 Å². The quantitative estimate of drug-likeness (QED) is 0.316. The van der Waals surface area contributed by atoms with E-state index < -0.39 is 32.3 Å². The monoisotopic (exact) mass is 511 g/mol. The van der Waals surface area contributed by atoms with Gasteiger partial charge in [0.05, 0.1) is 6.04 Å². The van der Waals surface area contributed by atoms with Crippen LogP contribution in [0.3, 0.4) is 0 Å². The summed E-state index contributed by atoms with van der Waals surface area (Å²) < 4.78 is 18.0. The van der Waals surface area contributed by atoms with Crippen molar-refractivity contribution in [3.05, 3.63) is 59.7 Å². The summed E-state index contributed by atoms with van der Waals surface area (Å²) in [5.41, 5.74) is 4.70. The fraction of sp³-hybridized carbons (Fsp3) is 0.552. The third kappa shape index (κ3) is 5.39. The molecule has 1 saturated heterocycles. The molecule has 0 radical (unpaired) electrons. The topological polar surface area (TPSA) is 80.3 Å². The van der Waals surface area contributed by atoms with Crippen LogP contribution in [0.2, 0.25) is 18.1 Å². The number of hydrogen-bond acceptors (Lipinski definition) is 5. The van der Waals surface area contributed by atoms with E-state index >= 15 is 0 Å². The summed E-state index contributed by atoms with van der Waals surface area (Å²) in [4.78, 5) is 13.0. The summed E-state index contributed by atoms with van der Waals surface area (Å²) in [6, 6.07) is 16.0. The third-order valence-corrected chi connectivity index (χ3v) is 12.3. The zero-order valence-corrected chi connectivity index (χ0v) is 23.6. The lowest BCUT2D eigenvalue weighted by Crippen LogP contribution is -2.56. The highest BCUT2D eigenvalue weighted by atomic mass is 28.4. The molecular weight excluding hydrogens is 470 g/mol. The Kier molecular flexibility index (Phi) is 7.41. The van der Waals surface area contributed by atoms with Crippen LogP contribution in [0.5, 0.6) is 0 Å². The number of carbonyl (C=O) groups excluding carboxylic acids is 1. The Balaban J connectivity index is 1.44. The van der Waals surface area contributed by atoms with Gasteiger partial charge >= 0.3 is 6.09 Å². The molecule has 2 aromatic rings. The van der Waals surface area contributed by atoms with Crippen molar-refractivity contribution in [2.75, 3.05) is 13.2 Å². The molecule has 1 heterocycles. The van der Waals surface area contributed by atoms with Crippen molar-refractivity contribution in [3.8, 4) is 11.1 Å². The van der Waals surface area contributed by atoms with E-state index in [2.05, 4.69) is 77.3 Å². The Morgan fingerprint density at radius 1 is 1.11 bits per heavy atom. The Bertz CT molecular complexity index is 1040. The number of epoxide rings is 1. The average molecular weight is 512 g/mol. The van der Waals surface area contributed by atoms with Crippen LogP contribution in [0.1, 0.15) is 58.1 Å². The number of amides is 1. The van der Waals surface area contributed by atoms with Crippen LogP contribution in [-0.2, 0) is 13.9 Å². The molecule has 196 valence electrons. The first-order valence-corrected chi connectivity index (χ1v) is 15.9. The van der Waals surface area contributed by atoms with Gasteiger partial charge in [0.1, 0.15) is 19.3 Å². The summed E-state index contributed by atoms with van der Waals surface area (Å²) in [5.74, 6) is -0.835. The van der Waals surface area contributed by atoms with Crippen molar-refractivity contribution >= 4 is 14.4 Å². The maximum absolute atomic E-state index is 13.0. The van der Waals surface area contributed by atoms with Gasteiger partial charge in [0, 0.05) is 5.92 Å². The van der Waals surface area contributed by atoms with E-state index in [9.17, 15) is 9.90 Å². The molecule has 0 unspecified atom stereocenters. The van der Waals surface area contributed by atoms with Crippen LogP contribution >= 0.6 is 0 Å². The largest absolute Gasteiger partial charge is 0.449 e. The summed E-state index contributed by atoms with van der Waals surface area (Å²) in [6.45, 7) is 15.4. The lowest BCUT2D eigenvalue weighted by molar-refractivity contribution is -0.0777. The Morgan fingerprint density at radius 2 is 1.64 bits per heavy atom. The van der Waals surface area contributed by atoms with Crippen molar-refractivity contribution < 1.29 is 23.8 Å². The predicted molar refractivity (Wildman–Crippen MR) is 144 cm³/mol. The summed E-state index contributed by atoms with van der Waals surface area (Å²) in [5, 5.41) is 14.3. The SMILES string of the molecule is CC(C)C[C@H](NC(=O)OCC1c2ccccc2-c2ccccc21)[C@@H](O)[C@@]1(O[Si](C)(C)C(C)(C)C)CO1. The second kappa shape index (κ2) is 9.93. The van der Waals surface area contributed by atoms with E-state index in [4.69, 9.17) is 13.9 Å². The number of fused-ring (bicyclic) bond motifs is 3. The molecule has 0 aromatic heterocycles. The summed E-state index contributed by atoms with van der Waals surface area (Å²) >= 11 is 0. The second-order valence-electron chi connectivity index (χ2n) is 12.1. The maximum atomic E-state index is 13.0. The number of aliphatic hydroxyl groups excluding tert-OH is 1. The van der Waals surface area contributed by atoms with Crippen LogP contribution in [0.25, 0.3) is 11.1 Å². The Hall–Kier alpha value is -2.19. The highest BCUT2D eigenvalue weighted by Crippen LogP contribution is 2.46. The molecule has 7 heteroatoms. The van der Waals surface area contributed by atoms with Crippen molar-refractivity contribution in [2.24, 2.45) is 5.92 Å². The zero-order valence-electron chi connectivity index (χ0n) is 22.6. The molecule has 1 aliphatic heterocycles. The number of ether oxygens (including phenoxy) is 2. The summed E-state index contributed by atoms with van der Waals surface area (Å²) in [6.07, 6.45) is -0.948. The van der Waals surface area contributed by atoms with Crippen LogP contribution in [0.15, 0.2) is 48.5 Å².